The Balaban J connectivity index is 1.01. The van der Waals surface area contributed by atoms with Crippen molar-refractivity contribution in [2.75, 3.05) is 44.3 Å². The number of sulfone groups is 1. The van der Waals surface area contributed by atoms with E-state index in [4.69, 9.17) is 4.74 Å². The van der Waals surface area contributed by atoms with Gasteiger partial charge in [0.1, 0.15) is 12.0 Å². The molecule has 2 heterocycles. The van der Waals surface area contributed by atoms with E-state index >= 15 is 0 Å². The number of fused-ring (bicyclic) bond motifs is 7. The van der Waals surface area contributed by atoms with Crippen molar-refractivity contribution in [2.24, 2.45) is 61.7 Å². The molecule has 57 heavy (non-hydrogen) atoms. The third-order valence-electron chi connectivity index (χ3n) is 18.4. The van der Waals surface area contributed by atoms with E-state index in [2.05, 4.69) is 80.2 Å². The maximum atomic E-state index is 12.7. The summed E-state index contributed by atoms with van der Waals surface area (Å²) in [6.45, 7) is 23.1. The zero-order valence-electron chi connectivity index (χ0n) is 35.5. The molecule has 1 saturated heterocycles. The Bertz CT molecular complexity index is 1830. The predicted molar refractivity (Wildman–Crippen MR) is 228 cm³/mol. The fourth-order valence-electron chi connectivity index (χ4n) is 15.1. The molecular weight excluding hydrogens is 757 g/mol. The highest BCUT2D eigenvalue weighted by Gasteiger charge is 2.70. The fourth-order valence-corrected chi connectivity index (χ4v) is 16.8. The standard InChI is InChI=1S/C45H70N4O6S2/c1-29(2)31-12-19-45(46-22-23-49-24-26-57(53,54)27-25-49)21-20-42(6)33(36(31)45)8-9-35-41(5)15-13-32(40(3,4)34(41)14-16-43(35,42)7)30-10-17-44(18-11-30,37(50)51)28-55-38-47-39(52)56-48-38/h10,13,31,33-36,39,46,52H,1,8-9,11-12,14-28H2,2-7H3,(H,47,48)(H,50,51)/t31-,33+,34-,35+,36+,39?,41-,42+,43+,44?,45-/m0/s1. The van der Waals surface area contributed by atoms with E-state index in [1.54, 1.807) is 0 Å². The number of aliphatic imine (C=N–C) groups is 1. The number of nitrogens with zero attached hydrogens (tertiary/aromatic N) is 2. The van der Waals surface area contributed by atoms with Crippen molar-refractivity contribution in [1.82, 2.24) is 14.9 Å². The van der Waals surface area contributed by atoms with Crippen LogP contribution in [0.2, 0.25) is 0 Å². The van der Waals surface area contributed by atoms with E-state index in [0.29, 0.717) is 61.9 Å². The van der Waals surface area contributed by atoms with Crippen molar-refractivity contribution in [2.45, 2.75) is 130 Å². The summed E-state index contributed by atoms with van der Waals surface area (Å²) in [5.74, 6) is 2.71. The first-order valence-corrected chi connectivity index (χ1v) is 24.8. The average Bonchev–Trinajstić information content (AvgIpc) is 3.75. The van der Waals surface area contributed by atoms with Crippen molar-refractivity contribution >= 4 is 33.8 Å². The van der Waals surface area contributed by atoms with E-state index in [9.17, 15) is 23.4 Å². The molecular formula is C45H70N4O6S2. The minimum Gasteiger partial charge on any atom is -0.481 e. The summed E-state index contributed by atoms with van der Waals surface area (Å²) in [5, 5.41) is 24.3. The maximum absolute atomic E-state index is 12.7. The number of aliphatic hydroxyl groups is 1. The Morgan fingerprint density at radius 3 is 2.40 bits per heavy atom. The molecule has 10 nitrogen and oxygen atoms in total. The van der Waals surface area contributed by atoms with Crippen LogP contribution >= 0.6 is 11.9 Å². The largest absolute Gasteiger partial charge is 0.481 e. The van der Waals surface area contributed by atoms with Gasteiger partial charge in [0.25, 0.3) is 6.02 Å². The van der Waals surface area contributed by atoms with Crippen LogP contribution in [0.5, 0.6) is 0 Å². The molecule has 0 spiro atoms. The van der Waals surface area contributed by atoms with Gasteiger partial charge in [-0.15, -0.1) is 0 Å². The lowest BCUT2D eigenvalue weighted by molar-refractivity contribution is -0.221. The lowest BCUT2D eigenvalue weighted by atomic mass is 9.33. The SMILES string of the molecule is C=C(C)[C@@H]1CC[C@]2(NCCN3CCS(=O)(=O)CC3)CC[C@]3(C)[C@H](CC[C@@H]4[C@@]5(C)CC=C(C6=CCC(COC7=NC(O)SN7)(C(=O)O)CC6)C(C)(C)[C@@H]5CC[C@]43C)[C@@H]12. The number of hydrogen-bond acceptors (Lipinski definition) is 10. The van der Waals surface area contributed by atoms with Gasteiger partial charge in [-0.1, -0.05) is 58.9 Å². The molecule has 2 aliphatic heterocycles. The van der Waals surface area contributed by atoms with Crippen LogP contribution < -0.4 is 10.0 Å². The number of nitrogens with one attached hydrogen (secondary N) is 2. The third kappa shape index (κ3) is 6.80. The minimum atomic E-state index is -2.88. The summed E-state index contributed by atoms with van der Waals surface area (Å²) in [4.78, 5) is 19.0. The second-order valence-corrected chi connectivity index (χ2v) is 24.3. The van der Waals surface area contributed by atoms with E-state index in [1.807, 2.05) is 0 Å². The molecule has 8 rings (SSSR count). The highest BCUT2D eigenvalue weighted by molar-refractivity contribution is 7.98. The fraction of sp³-hybridized carbons (Fsp3) is 0.822. The van der Waals surface area contributed by atoms with Crippen molar-refractivity contribution < 1.29 is 28.2 Å². The van der Waals surface area contributed by atoms with Crippen LogP contribution in [0.4, 0.5) is 0 Å². The van der Waals surface area contributed by atoms with Crippen LogP contribution in [0.1, 0.15) is 119 Å². The summed E-state index contributed by atoms with van der Waals surface area (Å²) in [5.41, 5.74) is 2.95. The highest BCUT2D eigenvalue weighted by atomic mass is 32.2. The van der Waals surface area contributed by atoms with Gasteiger partial charge < -0.3 is 25.2 Å². The molecule has 0 aromatic carbocycles. The van der Waals surface area contributed by atoms with Crippen molar-refractivity contribution in [3.05, 3.63) is 35.5 Å². The molecule has 2 unspecified atom stereocenters. The molecule has 5 fully saturated rings. The Kier molecular flexibility index (Phi) is 10.8. The Morgan fingerprint density at radius 2 is 1.75 bits per heavy atom. The first-order valence-electron chi connectivity index (χ1n) is 22.1. The summed E-state index contributed by atoms with van der Waals surface area (Å²) in [6, 6.07) is 0.194. The number of amidine groups is 1. The number of carboxylic acids is 1. The molecule has 0 aromatic rings. The number of hydrogen-bond donors (Lipinski definition) is 4. The molecule has 12 heteroatoms. The number of aliphatic carboxylic acids is 1. The van der Waals surface area contributed by atoms with Gasteiger partial charge in [-0.3, -0.25) is 9.52 Å². The Labute approximate surface area is 346 Å². The van der Waals surface area contributed by atoms with Gasteiger partial charge in [0.05, 0.1) is 11.5 Å². The molecule has 4 saturated carbocycles. The van der Waals surface area contributed by atoms with Crippen LogP contribution in [-0.2, 0) is 19.4 Å². The molecule has 0 bridgehead atoms. The predicted octanol–water partition coefficient (Wildman–Crippen LogP) is 7.33. The minimum absolute atomic E-state index is 0.0197. The summed E-state index contributed by atoms with van der Waals surface area (Å²) >= 11 is 1.04. The van der Waals surface area contributed by atoms with E-state index in [0.717, 1.165) is 31.5 Å². The van der Waals surface area contributed by atoms with E-state index in [1.165, 1.54) is 68.1 Å². The Morgan fingerprint density at radius 1 is 1.00 bits per heavy atom. The zero-order chi connectivity index (χ0) is 40.8. The number of carboxylic acid groups (broad SMARTS) is 1. The molecule has 11 atom stereocenters. The van der Waals surface area contributed by atoms with Gasteiger partial charge in [0, 0.05) is 43.7 Å². The highest BCUT2D eigenvalue weighted by Crippen LogP contribution is 2.76. The molecule has 0 radical (unpaired) electrons. The van der Waals surface area contributed by atoms with E-state index < -0.39 is 26.8 Å². The van der Waals surface area contributed by atoms with Gasteiger partial charge in [0.2, 0.25) is 5.56 Å². The maximum Gasteiger partial charge on any atom is 0.313 e. The van der Waals surface area contributed by atoms with Crippen LogP contribution in [0.15, 0.2) is 40.4 Å². The lowest BCUT2D eigenvalue weighted by Gasteiger charge is -2.72. The monoisotopic (exact) mass is 826 g/mol. The molecule has 8 aliphatic rings. The number of ether oxygens (including phenoxy) is 1. The van der Waals surface area contributed by atoms with Crippen LogP contribution in [0, 0.1) is 56.7 Å². The molecule has 0 amide bonds. The number of carbonyl (C=O) groups is 1. The smallest absolute Gasteiger partial charge is 0.313 e. The quantitative estimate of drug-likeness (QED) is 0.138. The molecule has 6 aliphatic carbocycles. The first-order chi connectivity index (χ1) is 26.8. The van der Waals surface area contributed by atoms with Crippen LogP contribution in [0.3, 0.4) is 0 Å². The van der Waals surface area contributed by atoms with Gasteiger partial charge in [0.15, 0.2) is 9.84 Å². The first kappa shape index (κ1) is 41.9. The van der Waals surface area contributed by atoms with Gasteiger partial charge in [-0.05, 0) is 146 Å². The van der Waals surface area contributed by atoms with Crippen molar-refractivity contribution in [3.8, 4) is 0 Å². The summed E-state index contributed by atoms with van der Waals surface area (Å²) in [6.07, 6.45) is 17.4. The average molecular weight is 827 g/mol. The second-order valence-electron chi connectivity index (χ2n) is 21.1. The number of allylic oxidation sites excluding steroid dienone is 5. The van der Waals surface area contributed by atoms with Crippen molar-refractivity contribution in [1.29, 1.82) is 0 Å². The number of aliphatic hydroxyl groups excluding tert-OH is 1. The van der Waals surface area contributed by atoms with Gasteiger partial charge in [-0.25, -0.2) is 8.42 Å². The number of rotatable bonds is 9. The normalized spacial score (nSPS) is 44.9. The van der Waals surface area contributed by atoms with Crippen LogP contribution in [0.25, 0.3) is 0 Å². The zero-order valence-corrected chi connectivity index (χ0v) is 37.1. The molecule has 4 N–H and O–H groups in total. The lowest BCUT2D eigenvalue weighted by Crippen LogP contribution is -2.68. The second kappa shape index (κ2) is 14.7. The summed E-state index contributed by atoms with van der Waals surface area (Å²) in [7, 11) is -2.88. The molecule has 318 valence electrons. The summed E-state index contributed by atoms with van der Waals surface area (Å²) < 4.78 is 32.8. The van der Waals surface area contributed by atoms with Gasteiger partial charge >= 0.3 is 5.97 Å². The Hall–Kier alpha value is -1.86. The van der Waals surface area contributed by atoms with Gasteiger partial charge in [-0.2, -0.15) is 4.99 Å². The molecule has 0 aromatic heterocycles. The van der Waals surface area contributed by atoms with E-state index in [-0.39, 0.29) is 51.3 Å². The topological polar surface area (TPSA) is 141 Å². The van der Waals surface area contributed by atoms with Crippen molar-refractivity contribution in [3.63, 3.8) is 0 Å². The third-order valence-corrected chi connectivity index (χ3v) is 20.6. The van der Waals surface area contributed by atoms with Crippen LogP contribution in [-0.4, -0.2) is 90.9 Å².